The largest absolute Gasteiger partial charge is 0.329 e. The zero-order valence-corrected chi connectivity index (χ0v) is 14.7. The van der Waals surface area contributed by atoms with Gasteiger partial charge in [0.15, 0.2) is 5.66 Å². The van der Waals surface area contributed by atoms with Gasteiger partial charge in [0.2, 0.25) is 15.9 Å². The van der Waals surface area contributed by atoms with E-state index in [2.05, 4.69) is 5.32 Å². The molecule has 1 atom stereocenters. The second-order valence-corrected chi connectivity index (χ2v) is 7.93. The fourth-order valence-electron chi connectivity index (χ4n) is 3.47. The van der Waals surface area contributed by atoms with Crippen LogP contribution in [0.3, 0.4) is 0 Å². The molecule has 2 aromatic rings. The van der Waals surface area contributed by atoms with Crippen molar-refractivity contribution in [3.05, 3.63) is 65.7 Å². The Morgan fingerprint density at radius 1 is 1.04 bits per heavy atom. The minimum Gasteiger partial charge on any atom is -0.329 e. The summed E-state index contributed by atoms with van der Waals surface area (Å²) in [6.07, 6.45) is 0. The Morgan fingerprint density at radius 2 is 1.62 bits per heavy atom. The van der Waals surface area contributed by atoms with Gasteiger partial charge < -0.3 is 5.32 Å². The van der Waals surface area contributed by atoms with Crippen LogP contribution in [0, 0.1) is 0 Å². The molecular formula is C18H20N2O3S. The molecule has 1 aliphatic rings. The molecule has 0 saturated heterocycles. The summed E-state index contributed by atoms with van der Waals surface area (Å²) >= 11 is 0. The Bertz CT molecular complexity index is 878. The summed E-state index contributed by atoms with van der Waals surface area (Å²) in [5.74, 6) is -0.295. The van der Waals surface area contributed by atoms with Gasteiger partial charge in [0, 0.05) is 18.5 Å². The van der Waals surface area contributed by atoms with Gasteiger partial charge in [0.1, 0.15) is 0 Å². The van der Waals surface area contributed by atoms with Crippen molar-refractivity contribution in [2.75, 3.05) is 0 Å². The molecule has 0 radical (unpaired) electrons. The van der Waals surface area contributed by atoms with Crippen molar-refractivity contribution in [1.29, 1.82) is 0 Å². The van der Waals surface area contributed by atoms with Crippen LogP contribution in [-0.2, 0) is 20.5 Å². The van der Waals surface area contributed by atoms with E-state index >= 15 is 0 Å². The van der Waals surface area contributed by atoms with Gasteiger partial charge in [-0.25, -0.2) is 8.42 Å². The van der Waals surface area contributed by atoms with Crippen molar-refractivity contribution in [1.82, 2.24) is 9.62 Å². The average Bonchev–Trinajstić information content (AvgIpc) is 2.73. The molecule has 0 fully saturated rings. The highest BCUT2D eigenvalue weighted by Gasteiger charge is 2.56. The minimum absolute atomic E-state index is 0.233. The summed E-state index contributed by atoms with van der Waals surface area (Å²) in [4.78, 5) is 12.3. The topological polar surface area (TPSA) is 66.5 Å². The molecule has 0 bridgehead atoms. The SMILES string of the molecule is CC(=O)NC1(c2ccccc2)c2ccccc2S(=O)(=O)N1C(C)C. The van der Waals surface area contributed by atoms with E-state index in [1.54, 1.807) is 24.3 Å². The first-order chi connectivity index (χ1) is 11.3. The van der Waals surface area contributed by atoms with Crippen molar-refractivity contribution in [3.63, 3.8) is 0 Å². The molecule has 0 aromatic heterocycles. The number of rotatable bonds is 3. The second-order valence-electron chi connectivity index (χ2n) is 6.15. The first-order valence-corrected chi connectivity index (χ1v) is 9.24. The number of sulfonamides is 1. The van der Waals surface area contributed by atoms with Crippen molar-refractivity contribution >= 4 is 15.9 Å². The predicted molar refractivity (Wildman–Crippen MR) is 91.6 cm³/mol. The molecule has 5 nitrogen and oxygen atoms in total. The van der Waals surface area contributed by atoms with Crippen molar-refractivity contribution in [2.24, 2.45) is 0 Å². The van der Waals surface area contributed by atoms with Crippen LogP contribution in [0.25, 0.3) is 0 Å². The second kappa shape index (κ2) is 5.72. The molecule has 0 spiro atoms. The molecule has 126 valence electrons. The van der Waals surface area contributed by atoms with Crippen molar-refractivity contribution in [2.45, 2.75) is 37.4 Å². The third-order valence-corrected chi connectivity index (χ3v) is 6.29. The van der Waals surface area contributed by atoms with Crippen molar-refractivity contribution in [3.8, 4) is 0 Å². The van der Waals surface area contributed by atoms with E-state index in [-0.39, 0.29) is 16.8 Å². The standard InChI is InChI=1S/C18H20N2O3S/c1-13(2)20-18(19-14(3)21,15-9-5-4-6-10-15)16-11-7-8-12-17(16)24(20,22)23/h4-13H,1-3H3,(H,19,21). The van der Waals surface area contributed by atoms with E-state index in [1.165, 1.54) is 11.2 Å². The summed E-state index contributed by atoms with van der Waals surface area (Å²) < 4.78 is 27.7. The van der Waals surface area contributed by atoms with Crippen molar-refractivity contribution < 1.29 is 13.2 Å². The highest BCUT2D eigenvalue weighted by atomic mass is 32.2. The monoisotopic (exact) mass is 344 g/mol. The Balaban J connectivity index is 2.43. The summed E-state index contributed by atoms with van der Waals surface area (Å²) in [6.45, 7) is 5.02. The zero-order valence-electron chi connectivity index (χ0n) is 13.9. The third kappa shape index (κ3) is 2.25. The molecule has 1 aliphatic heterocycles. The number of amides is 1. The van der Waals surface area contributed by atoms with Gasteiger partial charge >= 0.3 is 0 Å². The lowest BCUT2D eigenvalue weighted by atomic mass is 9.90. The molecule has 24 heavy (non-hydrogen) atoms. The van der Waals surface area contributed by atoms with Crippen LogP contribution in [0.2, 0.25) is 0 Å². The lowest BCUT2D eigenvalue weighted by molar-refractivity contribution is -0.122. The van der Waals surface area contributed by atoms with Gasteiger partial charge in [-0.15, -0.1) is 0 Å². The molecule has 1 unspecified atom stereocenters. The van der Waals surface area contributed by atoms with Crippen LogP contribution < -0.4 is 5.32 Å². The van der Waals surface area contributed by atoms with Gasteiger partial charge in [-0.05, 0) is 25.5 Å². The highest BCUT2D eigenvalue weighted by Crippen LogP contribution is 2.47. The van der Waals surface area contributed by atoms with Gasteiger partial charge in [0.05, 0.1) is 4.90 Å². The first-order valence-electron chi connectivity index (χ1n) is 7.80. The van der Waals surface area contributed by atoms with Crippen LogP contribution in [0.1, 0.15) is 31.9 Å². The number of fused-ring (bicyclic) bond motifs is 1. The maximum atomic E-state index is 13.2. The number of hydrogen-bond acceptors (Lipinski definition) is 3. The summed E-state index contributed by atoms with van der Waals surface area (Å²) in [5, 5.41) is 2.92. The predicted octanol–water partition coefficient (Wildman–Crippen LogP) is 2.44. The molecule has 0 aliphatic carbocycles. The maximum absolute atomic E-state index is 13.2. The average molecular weight is 344 g/mol. The molecule has 0 saturated carbocycles. The number of carbonyl (C=O) groups excluding carboxylic acids is 1. The number of hydrogen-bond donors (Lipinski definition) is 1. The highest BCUT2D eigenvalue weighted by molar-refractivity contribution is 7.89. The van der Waals surface area contributed by atoms with E-state index in [1.807, 2.05) is 44.2 Å². The Labute approximate surface area is 142 Å². The van der Waals surface area contributed by atoms with Gasteiger partial charge in [-0.3, -0.25) is 4.79 Å². The van der Waals surface area contributed by atoms with Crippen LogP contribution >= 0.6 is 0 Å². The zero-order chi connectivity index (χ0) is 17.5. The Kier molecular flexibility index (Phi) is 3.97. The molecule has 6 heteroatoms. The summed E-state index contributed by atoms with van der Waals surface area (Å²) in [6, 6.07) is 15.7. The van der Waals surface area contributed by atoms with E-state index in [0.29, 0.717) is 11.1 Å². The van der Waals surface area contributed by atoms with Crippen LogP contribution in [0.15, 0.2) is 59.5 Å². The summed E-state index contributed by atoms with van der Waals surface area (Å²) in [5.41, 5.74) is 0.0407. The Morgan fingerprint density at radius 3 is 2.21 bits per heavy atom. The molecule has 3 rings (SSSR count). The third-order valence-electron chi connectivity index (χ3n) is 4.16. The minimum atomic E-state index is -3.73. The molecule has 1 N–H and O–H groups in total. The van der Waals surface area contributed by atoms with E-state index < -0.39 is 15.7 Å². The number of benzene rings is 2. The van der Waals surface area contributed by atoms with E-state index in [0.717, 1.165) is 0 Å². The van der Waals surface area contributed by atoms with Gasteiger partial charge in [0.25, 0.3) is 0 Å². The quantitative estimate of drug-likeness (QED) is 0.930. The smallest absolute Gasteiger partial charge is 0.246 e. The molecule has 1 amide bonds. The molecular weight excluding hydrogens is 324 g/mol. The summed E-state index contributed by atoms with van der Waals surface area (Å²) in [7, 11) is -3.73. The number of carbonyl (C=O) groups is 1. The van der Waals surface area contributed by atoms with Crippen LogP contribution in [-0.4, -0.2) is 24.7 Å². The lowest BCUT2D eigenvalue weighted by Gasteiger charge is -2.40. The number of nitrogens with one attached hydrogen (secondary N) is 1. The lowest BCUT2D eigenvalue weighted by Crippen LogP contribution is -2.58. The first kappa shape index (κ1) is 16.7. The van der Waals surface area contributed by atoms with Crippen LogP contribution in [0.4, 0.5) is 0 Å². The number of nitrogens with zero attached hydrogens (tertiary/aromatic N) is 1. The molecule has 1 heterocycles. The van der Waals surface area contributed by atoms with Gasteiger partial charge in [-0.2, -0.15) is 4.31 Å². The van der Waals surface area contributed by atoms with Gasteiger partial charge in [-0.1, -0.05) is 48.5 Å². The van der Waals surface area contributed by atoms with E-state index in [4.69, 9.17) is 0 Å². The van der Waals surface area contributed by atoms with E-state index in [9.17, 15) is 13.2 Å². The Hall–Kier alpha value is -2.18. The van der Waals surface area contributed by atoms with Crippen LogP contribution in [0.5, 0.6) is 0 Å². The maximum Gasteiger partial charge on any atom is 0.246 e. The fourth-order valence-corrected chi connectivity index (χ4v) is 5.59. The molecule has 2 aromatic carbocycles. The fraction of sp³-hybridized carbons (Fsp3) is 0.278. The normalized spacial score (nSPS) is 22.3.